The van der Waals surface area contributed by atoms with Gasteiger partial charge in [0.1, 0.15) is 0 Å². The Bertz CT molecular complexity index is 681. The molecule has 0 spiro atoms. The lowest BCUT2D eigenvalue weighted by Crippen LogP contribution is -2.25. The minimum absolute atomic E-state index is 0.0337. The van der Waals surface area contributed by atoms with Gasteiger partial charge in [-0.3, -0.25) is 4.79 Å². The van der Waals surface area contributed by atoms with E-state index >= 15 is 0 Å². The molecule has 0 fully saturated rings. The van der Waals surface area contributed by atoms with Gasteiger partial charge in [0.05, 0.1) is 11.8 Å². The number of halogens is 1. The molecule has 0 radical (unpaired) electrons. The first-order chi connectivity index (χ1) is 10.2. The number of carbonyl (C=O) groups excluding carboxylic acids is 1. The second-order valence-corrected chi connectivity index (χ2v) is 6.78. The quantitative estimate of drug-likeness (QED) is 0.785. The third-order valence-electron chi connectivity index (χ3n) is 3.50. The van der Waals surface area contributed by atoms with Gasteiger partial charge in [0.2, 0.25) is 5.91 Å². The van der Waals surface area contributed by atoms with Crippen LogP contribution in [0.2, 0.25) is 0 Å². The second kappa shape index (κ2) is 6.12. The SMILES string of the molecule is CCC(=O)N1N=C(c2cccc(Br)c2)CC1c1cccs1. The van der Waals surface area contributed by atoms with Crippen LogP contribution >= 0.6 is 27.3 Å². The van der Waals surface area contributed by atoms with Crippen LogP contribution in [-0.4, -0.2) is 16.6 Å². The molecular formula is C16H15BrN2OS. The number of nitrogens with zero attached hydrogens (tertiary/aromatic N) is 2. The van der Waals surface area contributed by atoms with Gasteiger partial charge in [0, 0.05) is 22.2 Å². The number of hydrogen-bond donors (Lipinski definition) is 0. The average Bonchev–Trinajstić information content (AvgIpc) is 3.15. The molecule has 3 rings (SSSR count). The molecule has 2 aromatic rings. The Morgan fingerprint density at radius 3 is 2.95 bits per heavy atom. The standard InChI is InChI=1S/C16H15BrN2OS/c1-2-16(20)19-14(15-7-4-8-21-15)10-13(18-19)11-5-3-6-12(17)9-11/h3-9,14H,2,10H2,1H3. The Kier molecular flexibility index (Phi) is 4.22. The molecule has 1 aliphatic heterocycles. The number of amides is 1. The van der Waals surface area contributed by atoms with Gasteiger partial charge in [-0.15, -0.1) is 11.3 Å². The highest BCUT2D eigenvalue weighted by Gasteiger charge is 2.32. The monoisotopic (exact) mass is 362 g/mol. The molecule has 1 aromatic carbocycles. The minimum atomic E-state index is 0.0337. The summed E-state index contributed by atoms with van der Waals surface area (Å²) < 4.78 is 1.02. The zero-order chi connectivity index (χ0) is 14.8. The summed E-state index contributed by atoms with van der Waals surface area (Å²) in [4.78, 5) is 13.4. The van der Waals surface area contributed by atoms with Crippen molar-refractivity contribution in [2.75, 3.05) is 0 Å². The number of thiophene rings is 1. The van der Waals surface area contributed by atoms with Crippen molar-refractivity contribution in [1.29, 1.82) is 0 Å². The van der Waals surface area contributed by atoms with E-state index in [0.29, 0.717) is 6.42 Å². The molecule has 1 aliphatic rings. The highest BCUT2D eigenvalue weighted by atomic mass is 79.9. The maximum absolute atomic E-state index is 12.2. The van der Waals surface area contributed by atoms with Crippen LogP contribution in [0, 0.1) is 0 Å². The van der Waals surface area contributed by atoms with Crippen molar-refractivity contribution in [2.24, 2.45) is 5.10 Å². The van der Waals surface area contributed by atoms with E-state index in [0.717, 1.165) is 22.2 Å². The summed E-state index contributed by atoms with van der Waals surface area (Å²) in [6, 6.07) is 12.2. The summed E-state index contributed by atoms with van der Waals surface area (Å²) >= 11 is 5.16. The second-order valence-electron chi connectivity index (χ2n) is 4.88. The summed E-state index contributed by atoms with van der Waals surface area (Å²) in [7, 11) is 0. The van der Waals surface area contributed by atoms with E-state index in [1.807, 2.05) is 42.6 Å². The van der Waals surface area contributed by atoms with Crippen molar-refractivity contribution in [3.05, 3.63) is 56.7 Å². The number of hydrazone groups is 1. The molecule has 2 heterocycles. The van der Waals surface area contributed by atoms with Gasteiger partial charge < -0.3 is 0 Å². The molecule has 0 saturated heterocycles. The molecule has 3 nitrogen and oxygen atoms in total. The van der Waals surface area contributed by atoms with Gasteiger partial charge in [-0.05, 0) is 29.1 Å². The third kappa shape index (κ3) is 2.94. The number of hydrogen-bond acceptors (Lipinski definition) is 3. The molecule has 0 saturated carbocycles. The molecule has 1 amide bonds. The van der Waals surface area contributed by atoms with E-state index in [4.69, 9.17) is 0 Å². The Labute approximate surface area is 136 Å². The van der Waals surface area contributed by atoms with Crippen molar-refractivity contribution in [3.63, 3.8) is 0 Å². The number of benzene rings is 1. The first-order valence-electron chi connectivity index (χ1n) is 6.88. The van der Waals surface area contributed by atoms with Crippen LogP contribution in [0.15, 0.2) is 51.4 Å². The van der Waals surface area contributed by atoms with Gasteiger partial charge in [-0.2, -0.15) is 5.10 Å². The molecule has 1 aromatic heterocycles. The predicted octanol–water partition coefficient (Wildman–Crippen LogP) is 4.60. The number of carbonyl (C=O) groups is 1. The lowest BCUT2D eigenvalue weighted by Gasteiger charge is -2.19. The largest absolute Gasteiger partial charge is 0.273 e. The molecular weight excluding hydrogens is 348 g/mol. The van der Waals surface area contributed by atoms with Crippen LogP contribution in [0.1, 0.15) is 36.2 Å². The van der Waals surface area contributed by atoms with Gasteiger partial charge in [0.15, 0.2) is 0 Å². The highest BCUT2D eigenvalue weighted by Crippen LogP contribution is 2.35. The molecule has 21 heavy (non-hydrogen) atoms. The van der Waals surface area contributed by atoms with Gasteiger partial charge in [-0.1, -0.05) is 41.1 Å². The normalized spacial score (nSPS) is 17.9. The molecule has 5 heteroatoms. The summed E-state index contributed by atoms with van der Waals surface area (Å²) in [5.41, 5.74) is 2.04. The third-order valence-corrected chi connectivity index (χ3v) is 4.96. The molecule has 1 atom stereocenters. The summed E-state index contributed by atoms with van der Waals surface area (Å²) in [5.74, 6) is 0.0680. The van der Waals surface area contributed by atoms with E-state index in [1.54, 1.807) is 16.3 Å². The van der Waals surface area contributed by atoms with Crippen LogP contribution in [0.4, 0.5) is 0 Å². The molecule has 0 aliphatic carbocycles. The van der Waals surface area contributed by atoms with Crippen molar-refractivity contribution >= 4 is 38.9 Å². The van der Waals surface area contributed by atoms with Crippen LogP contribution < -0.4 is 0 Å². The smallest absolute Gasteiger partial charge is 0.243 e. The molecule has 0 N–H and O–H groups in total. The van der Waals surface area contributed by atoms with E-state index < -0.39 is 0 Å². The fraction of sp³-hybridized carbons (Fsp3) is 0.250. The predicted molar refractivity (Wildman–Crippen MR) is 89.5 cm³/mol. The van der Waals surface area contributed by atoms with E-state index in [-0.39, 0.29) is 11.9 Å². The Morgan fingerprint density at radius 2 is 2.29 bits per heavy atom. The summed E-state index contributed by atoms with van der Waals surface area (Å²) in [6.07, 6.45) is 1.24. The molecule has 108 valence electrons. The average molecular weight is 363 g/mol. The van der Waals surface area contributed by atoms with Crippen molar-refractivity contribution in [3.8, 4) is 0 Å². The first kappa shape index (κ1) is 14.5. The van der Waals surface area contributed by atoms with Crippen LogP contribution in [-0.2, 0) is 4.79 Å². The maximum Gasteiger partial charge on any atom is 0.243 e. The lowest BCUT2D eigenvalue weighted by atomic mass is 10.0. The van der Waals surface area contributed by atoms with Gasteiger partial charge in [0.25, 0.3) is 0 Å². The van der Waals surface area contributed by atoms with Crippen molar-refractivity contribution in [2.45, 2.75) is 25.8 Å². The number of rotatable bonds is 3. The highest BCUT2D eigenvalue weighted by molar-refractivity contribution is 9.10. The Morgan fingerprint density at radius 1 is 1.43 bits per heavy atom. The van der Waals surface area contributed by atoms with Crippen LogP contribution in [0.25, 0.3) is 0 Å². The molecule has 1 unspecified atom stereocenters. The van der Waals surface area contributed by atoms with E-state index in [2.05, 4.69) is 27.1 Å². The van der Waals surface area contributed by atoms with Crippen molar-refractivity contribution < 1.29 is 4.79 Å². The van der Waals surface area contributed by atoms with E-state index in [1.165, 1.54) is 4.88 Å². The van der Waals surface area contributed by atoms with E-state index in [9.17, 15) is 4.79 Å². The topological polar surface area (TPSA) is 32.7 Å². The van der Waals surface area contributed by atoms with Gasteiger partial charge in [-0.25, -0.2) is 5.01 Å². The Hall–Kier alpha value is -1.46. The lowest BCUT2D eigenvalue weighted by molar-refractivity contribution is -0.132. The van der Waals surface area contributed by atoms with Crippen LogP contribution in [0.3, 0.4) is 0 Å². The summed E-state index contributed by atoms with van der Waals surface area (Å²) in [6.45, 7) is 1.88. The zero-order valence-corrected chi connectivity index (χ0v) is 14.0. The molecule has 0 bridgehead atoms. The van der Waals surface area contributed by atoms with Crippen molar-refractivity contribution in [1.82, 2.24) is 5.01 Å². The maximum atomic E-state index is 12.2. The fourth-order valence-electron chi connectivity index (χ4n) is 2.45. The summed E-state index contributed by atoms with van der Waals surface area (Å²) in [5, 5.41) is 8.29. The zero-order valence-electron chi connectivity index (χ0n) is 11.6. The first-order valence-corrected chi connectivity index (χ1v) is 8.55. The Balaban J connectivity index is 1.95. The minimum Gasteiger partial charge on any atom is -0.273 e. The van der Waals surface area contributed by atoms with Gasteiger partial charge >= 0.3 is 0 Å². The van der Waals surface area contributed by atoms with Crippen LogP contribution in [0.5, 0.6) is 0 Å². The fourth-order valence-corrected chi connectivity index (χ4v) is 3.66.